The molecule has 0 heterocycles. The lowest BCUT2D eigenvalue weighted by atomic mass is 10.1. The summed E-state index contributed by atoms with van der Waals surface area (Å²) in [5.74, 6) is 0.257. The Labute approximate surface area is 127 Å². The fourth-order valence-corrected chi connectivity index (χ4v) is 2.17. The lowest BCUT2D eigenvalue weighted by molar-refractivity contribution is -0.141. The molecule has 0 aliphatic rings. The molecule has 1 aromatic rings. The van der Waals surface area contributed by atoms with Gasteiger partial charge in [-0.3, -0.25) is 9.69 Å². The van der Waals surface area contributed by atoms with Gasteiger partial charge in [-0.25, -0.2) is 0 Å². The minimum absolute atomic E-state index is 0.358. The summed E-state index contributed by atoms with van der Waals surface area (Å²) in [4.78, 5) is 13.2. The Bertz CT molecular complexity index is 428. The van der Waals surface area contributed by atoms with Gasteiger partial charge in [0.15, 0.2) is 0 Å². The van der Waals surface area contributed by atoms with E-state index in [1.54, 1.807) is 6.92 Å². The zero-order valence-corrected chi connectivity index (χ0v) is 13.5. The summed E-state index contributed by atoms with van der Waals surface area (Å²) in [7, 11) is 0. The molecule has 4 heteroatoms. The smallest absolute Gasteiger partial charge is 0.307 e. The predicted octanol–water partition coefficient (Wildman–Crippen LogP) is 3.05. The normalized spacial score (nSPS) is 12.7. The molecule has 21 heavy (non-hydrogen) atoms. The van der Waals surface area contributed by atoms with E-state index in [-0.39, 0.29) is 5.92 Å². The van der Waals surface area contributed by atoms with Crippen molar-refractivity contribution in [3.05, 3.63) is 29.8 Å². The van der Waals surface area contributed by atoms with Gasteiger partial charge in [0, 0.05) is 19.6 Å². The van der Waals surface area contributed by atoms with Crippen LogP contribution in [0, 0.1) is 18.8 Å². The van der Waals surface area contributed by atoms with Gasteiger partial charge in [-0.05, 0) is 25.0 Å². The second-order valence-electron chi connectivity index (χ2n) is 6.05. The Kier molecular flexibility index (Phi) is 7.23. The second-order valence-corrected chi connectivity index (χ2v) is 6.05. The minimum Gasteiger partial charge on any atom is -0.492 e. The highest BCUT2D eigenvalue weighted by Crippen LogP contribution is 2.11. The van der Waals surface area contributed by atoms with Crippen molar-refractivity contribution < 1.29 is 14.6 Å². The highest BCUT2D eigenvalue weighted by Gasteiger charge is 2.16. The largest absolute Gasteiger partial charge is 0.492 e. The molecule has 4 nitrogen and oxygen atoms in total. The third-order valence-corrected chi connectivity index (χ3v) is 3.27. The molecule has 0 saturated heterocycles. The summed E-state index contributed by atoms with van der Waals surface area (Å²) >= 11 is 0. The van der Waals surface area contributed by atoms with Crippen LogP contribution in [0.15, 0.2) is 24.3 Å². The Morgan fingerprint density at radius 2 is 1.81 bits per heavy atom. The minimum atomic E-state index is -0.747. The van der Waals surface area contributed by atoms with Gasteiger partial charge < -0.3 is 9.84 Å². The van der Waals surface area contributed by atoms with Crippen LogP contribution >= 0.6 is 0 Å². The summed E-state index contributed by atoms with van der Waals surface area (Å²) in [6.45, 7) is 10.8. The van der Waals surface area contributed by atoms with E-state index in [9.17, 15) is 4.79 Å². The van der Waals surface area contributed by atoms with Crippen molar-refractivity contribution in [2.24, 2.45) is 11.8 Å². The molecule has 1 N–H and O–H groups in total. The number of carboxylic acids is 1. The van der Waals surface area contributed by atoms with Crippen molar-refractivity contribution in [1.29, 1.82) is 0 Å². The van der Waals surface area contributed by atoms with Gasteiger partial charge in [-0.2, -0.15) is 0 Å². The number of carbonyl (C=O) groups is 1. The Hall–Kier alpha value is -1.55. The maximum atomic E-state index is 11.0. The van der Waals surface area contributed by atoms with E-state index >= 15 is 0 Å². The first-order valence-corrected chi connectivity index (χ1v) is 7.53. The first-order chi connectivity index (χ1) is 9.88. The average molecular weight is 293 g/mol. The van der Waals surface area contributed by atoms with E-state index in [4.69, 9.17) is 9.84 Å². The maximum Gasteiger partial charge on any atom is 0.307 e. The summed E-state index contributed by atoms with van der Waals surface area (Å²) in [6, 6.07) is 7.96. The molecule has 0 spiro atoms. The van der Waals surface area contributed by atoms with E-state index in [1.807, 2.05) is 31.2 Å². The number of nitrogens with zero attached hydrogens (tertiary/aromatic N) is 1. The Morgan fingerprint density at radius 3 is 2.33 bits per heavy atom. The molecule has 0 aromatic heterocycles. The van der Waals surface area contributed by atoms with Crippen LogP contribution in [0.3, 0.4) is 0 Å². The topological polar surface area (TPSA) is 49.8 Å². The highest BCUT2D eigenvalue weighted by atomic mass is 16.5. The van der Waals surface area contributed by atoms with E-state index in [1.165, 1.54) is 5.56 Å². The highest BCUT2D eigenvalue weighted by molar-refractivity contribution is 5.69. The van der Waals surface area contributed by atoms with Gasteiger partial charge >= 0.3 is 5.97 Å². The standard InChI is InChI=1S/C17H27NO3/c1-13(2)11-18(12-15(4)17(19)20)9-10-21-16-7-5-14(3)6-8-16/h5-8,13,15H,9-12H2,1-4H3,(H,19,20). The Balaban J connectivity index is 2.44. The molecule has 1 atom stereocenters. The van der Waals surface area contributed by atoms with Gasteiger partial charge in [0.25, 0.3) is 0 Å². The third kappa shape index (κ3) is 7.14. The zero-order valence-electron chi connectivity index (χ0n) is 13.5. The first kappa shape index (κ1) is 17.5. The van der Waals surface area contributed by atoms with E-state index in [2.05, 4.69) is 18.7 Å². The van der Waals surface area contributed by atoms with Crippen LogP contribution in [0.25, 0.3) is 0 Å². The van der Waals surface area contributed by atoms with E-state index in [0.717, 1.165) is 18.8 Å². The van der Waals surface area contributed by atoms with Gasteiger partial charge in [-0.15, -0.1) is 0 Å². The molecule has 0 bridgehead atoms. The fourth-order valence-electron chi connectivity index (χ4n) is 2.17. The number of carboxylic acid groups (broad SMARTS) is 1. The van der Waals surface area contributed by atoms with Gasteiger partial charge in [0.05, 0.1) is 5.92 Å². The van der Waals surface area contributed by atoms with Gasteiger partial charge in [-0.1, -0.05) is 38.5 Å². The molecule has 0 amide bonds. The van der Waals surface area contributed by atoms with Gasteiger partial charge in [0.1, 0.15) is 12.4 Å². The number of hydrogen-bond acceptors (Lipinski definition) is 3. The van der Waals surface area contributed by atoms with Crippen molar-refractivity contribution in [2.75, 3.05) is 26.2 Å². The molecule has 1 unspecified atom stereocenters. The van der Waals surface area contributed by atoms with Crippen LogP contribution in [0.1, 0.15) is 26.3 Å². The maximum absolute atomic E-state index is 11.0. The third-order valence-electron chi connectivity index (χ3n) is 3.27. The van der Waals surface area contributed by atoms with Crippen LogP contribution in [0.5, 0.6) is 5.75 Å². The molecular formula is C17H27NO3. The predicted molar refractivity (Wildman–Crippen MR) is 84.8 cm³/mol. The lowest BCUT2D eigenvalue weighted by Crippen LogP contribution is -2.37. The van der Waals surface area contributed by atoms with Crippen molar-refractivity contribution in [2.45, 2.75) is 27.7 Å². The van der Waals surface area contributed by atoms with Crippen LogP contribution in [-0.2, 0) is 4.79 Å². The molecule has 0 fully saturated rings. The molecule has 1 aromatic carbocycles. The van der Waals surface area contributed by atoms with Crippen LogP contribution < -0.4 is 4.74 Å². The molecule has 0 saturated carbocycles. The Morgan fingerprint density at radius 1 is 1.19 bits per heavy atom. The second kappa shape index (κ2) is 8.67. The summed E-state index contributed by atoms with van der Waals surface area (Å²) < 4.78 is 5.73. The molecule has 0 aliphatic heterocycles. The van der Waals surface area contributed by atoms with Crippen molar-refractivity contribution in [1.82, 2.24) is 4.90 Å². The summed E-state index contributed by atoms with van der Waals surface area (Å²) in [6.07, 6.45) is 0. The summed E-state index contributed by atoms with van der Waals surface area (Å²) in [5.41, 5.74) is 1.21. The van der Waals surface area contributed by atoms with E-state index < -0.39 is 5.97 Å². The monoisotopic (exact) mass is 293 g/mol. The van der Waals surface area contributed by atoms with Crippen LogP contribution in [-0.4, -0.2) is 42.2 Å². The lowest BCUT2D eigenvalue weighted by Gasteiger charge is -2.25. The first-order valence-electron chi connectivity index (χ1n) is 7.53. The molecular weight excluding hydrogens is 266 g/mol. The molecule has 118 valence electrons. The fraction of sp³-hybridized carbons (Fsp3) is 0.588. The summed E-state index contributed by atoms with van der Waals surface area (Å²) in [5, 5.41) is 9.04. The van der Waals surface area contributed by atoms with Crippen molar-refractivity contribution >= 4 is 5.97 Å². The number of rotatable bonds is 9. The number of benzene rings is 1. The number of hydrogen-bond donors (Lipinski definition) is 1. The number of aryl methyl sites for hydroxylation is 1. The van der Waals surface area contributed by atoms with Gasteiger partial charge in [0.2, 0.25) is 0 Å². The van der Waals surface area contributed by atoms with Crippen molar-refractivity contribution in [3.8, 4) is 5.75 Å². The molecule has 0 radical (unpaired) electrons. The molecule has 1 rings (SSSR count). The van der Waals surface area contributed by atoms with Crippen LogP contribution in [0.2, 0.25) is 0 Å². The van der Waals surface area contributed by atoms with E-state index in [0.29, 0.717) is 19.1 Å². The molecule has 0 aliphatic carbocycles. The average Bonchev–Trinajstić information content (AvgIpc) is 2.40. The van der Waals surface area contributed by atoms with Crippen molar-refractivity contribution in [3.63, 3.8) is 0 Å². The quantitative estimate of drug-likeness (QED) is 0.760. The number of aliphatic carboxylic acids is 1. The number of ether oxygens (including phenoxy) is 1. The SMILES string of the molecule is Cc1ccc(OCCN(CC(C)C)CC(C)C(=O)O)cc1. The van der Waals surface area contributed by atoms with Crippen LogP contribution in [0.4, 0.5) is 0 Å². The zero-order chi connectivity index (χ0) is 15.8.